The third-order valence-corrected chi connectivity index (χ3v) is 5.11. The number of hydrogen-bond donors (Lipinski definition) is 2. The van der Waals surface area contributed by atoms with E-state index in [4.69, 9.17) is 5.73 Å². The van der Waals surface area contributed by atoms with E-state index in [0.29, 0.717) is 19.0 Å². The third kappa shape index (κ3) is 5.05. The molecule has 0 saturated carbocycles. The van der Waals surface area contributed by atoms with Gasteiger partial charge < -0.3 is 10.6 Å². The topological polar surface area (TPSA) is 75.4 Å². The number of likely N-dealkylation sites (tertiary alicyclic amines) is 1. The zero-order chi connectivity index (χ0) is 18.6. The van der Waals surface area contributed by atoms with Crippen LogP contribution in [0.1, 0.15) is 63.6 Å². The first-order valence-corrected chi connectivity index (χ1v) is 9.23. The van der Waals surface area contributed by atoms with Crippen molar-refractivity contribution in [3.05, 3.63) is 35.4 Å². The minimum absolute atomic E-state index is 0.0385. The van der Waals surface area contributed by atoms with Gasteiger partial charge in [-0.3, -0.25) is 14.9 Å². The summed E-state index contributed by atoms with van der Waals surface area (Å²) in [6, 6.07) is 8.31. The number of nitrogens with two attached hydrogens (primary N) is 1. The van der Waals surface area contributed by atoms with Crippen LogP contribution in [0.15, 0.2) is 24.3 Å². The molecule has 5 nitrogen and oxygen atoms in total. The standard InChI is InChI=1S/C20H31N3O2/c1-13(2)16-7-9-17(10-8-16)14(3)22-15(4)20(25)23-11-5-6-18(12-23)19(21)24/h7-10,13-15,18,22H,5-6,11-12H2,1-4H3,(H2,21,24)/t14-,15+,18+/m1/s1. The highest BCUT2D eigenvalue weighted by Gasteiger charge is 2.29. The van der Waals surface area contributed by atoms with Crippen LogP contribution in [0.25, 0.3) is 0 Å². The van der Waals surface area contributed by atoms with E-state index in [1.807, 2.05) is 6.92 Å². The van der Waals surface area contributed by atoms with E-state index < -0.39 is 0 Å². The summed E-state index contributed by atoms with van der Waals surface area (Å²) in [6.07, 6.45) is 1.61. The maximum absolute atomic E-state index is 12.7. The number of carbonyl (C=O) groups excluding carboxylic acids is 2. The van der Waals surface area contributed by atoms with Crippen molar-refractivity contribution in [3.63, 3.8) is 0 Å². The van der Waals surface area contributed by atoms with Gasteiger partial charge in [0.15, 0.2) is 0 Å². The summed E-state index contributed by atoms with van der Waals surface area (Å²) in [5, 5.41) is 3.38. The number of piperidine rings is 1. The van der Waals surface area contributed by atoms with Crippen molar-refractivity contribution in [1.29, 1.82) is 0 Å². The Bertz CT molecular complexity index is 597. The molecule has 0 aliphatic carbocycles. The van der Waals surface area contributed by atoms with Gasteiger partial charge in [-0.15, -0.1) is 0 Å². The van der Waals surface area contributed by atoms with E-state index >= 15 is 0 Å². The van der Waals surface area contributed by atoms with Crippen LogP contribution in [0.4, 0.5) is 0 Å². The molecule has 138 valence electrons. The molecule has 1 aliphatic rings. The Labute approximate surface area is 151 Å². The van der Waals surface area contributed by atoms with Crippen molar-refractivity contribution in [3.8, 4) is 0 Å². The molecule has 25 heavy (non-hydrogen) atoms. The Balaban J connectivity index is 1.94. The molecule has 1 fully saturated rings. The van der Waals surface area contributed by atoms with Crippen LogP contribution in [0.2, 0.25) is 0 Å². The fourth-order valence-electron chi connectivity index (χ4n) is 3.40. The number of primary amides is 1. The maximum Gasteiger partial charge on any atom is 0.239 e. The zero-order valence-corrected chi connectivity index (χ0v) is 15.8. The quantitative estimate of drug-likeness (QED) is 0.832. The monoisotopic (exact) mass is 345 g/mol. The molecule has 0 unspecified atom stereocenters. The highest BCUT2D eigenvalue weighted by molar-refractivity contribution is 5.83. The van der Waals surface area contributed by atoms with E-state index in [2.05, 4.69) is 50.4 Å². The minimum atomic E-state index is -0.309. The molecule has 1 aromatic rings. The van der Waals surface area contributed by atoms with E-state index in [-0.39, 0.29) is 29.8 Å². The number of nitrogens with one attached hydrogen (secondary N) is 1. The molecule has 0 radical (unpaired) electrons. The van der Waals surface area contributed by atoms with E-state index in [1.54, 1.807) is 4.90 Å². The van der Waals surface area contributed by atoms with Gasteiger partial charge in [0.25, 0.3) is 0 Å². The number of benzene rings is 1. The summed E-state index contributed by atoms with van der Waals surface area (Å²) in [7, 11) is 0. The normalized spacial score (nSPS) is 20.4. The second-order valence-corrected chi connectivity index (χ2v) is 7.46. The molecule has 5 heteroatoms. The molecule has 2 rings (SSSR count). The van der Waals surface area contributed by atoms with Crippen LogP contribution in [0, 0.1) is 5.92 Å². The number of rotatable bonds is 6. The van der Waals surface area contributed by atoms with Crippen LogP contribution in [0.5, 0.6) is 0 Å². The number of nitrogens with zero attached hydrogens (tertiary/aromatic N) is 1. The minimum Gasteiger partial charge on any atom is -0.369 e. The summed E-state index contributed by atoms with van der Waals surface area (Å²) < 4.78 is 0. The SMILES string of the molecule is CC(C)c1ccc([C@@H](C)N[C@@H](C)C(=O)N2CCC[C@H](C(N)=O)C2)cc1. The van der Waals surface area contributed by atoms with Gasteiger partial charge in [-0.25, -0.2) is 0 Å². The average Bonchev–Trinajstić information content (AvgIpc) is 2.61. The molecule has 0 aromatic heterocycles. The van der Waals surface area contributed by atoms with Gasteiger partial charge in [0.1, 0.15) is 0 Å². The average molecular weight is 345 g/mol. The molecule has 1 aliphatic heterocycles. The number of hydrogen-bond acceptors (Lipinski definition) is 3. The van der Waals surface area contributed by atoms with Gasteiger partial charge in [0.2, 0.25) is 11.8 Å². The largest absolute Gasteiger partial charge is 0.369 e. The lowest BCUT2D eigenvalue weighted by atomic mass is 9.96. The Morgan fingerprint density at radius 2 is 1.72 bits per heavy atom. The van der Waals surface area contributed by atoms with Crippen molar-refractivity contribution >= 4 is 11.8 Å². The molecule has 1 heterocycles. The lowest BCUT2D eigenvalue weighted by Gasteiger charge is -2.34. The molecule has 2 amide bonds. The van der Waals surface area contributed by atoms with Crippen molar-refractivity contribution in [2.24, 2.45) is 11.7 Å². The molecule has 3 atom stereocenters. The van der Waals surface area contributed by atoms with Crippen molar-refractivity contribution < 1.29 is 9.59 Å². The van der Waals surface area contributed by atoms with Crippen molar-refractivity contribution in [1.82, 2.24) is 10.2 Å². The third-order valence-electron chi connectivity index (χ3n) is 5.11. The van der Waals surface area contributed by atoms with Gasteiger partial charge in [-0.05, 0) is 43.7 Å². The molecule has 1 aromatic carbocycles. The Morgan fingerprint density at radius 1 is 1.12 bits per heavy atom. The van der Waals surface area contributed by atoms with Gasteiger partial charge >= 0.3 is 0 Å². The highest BCUT2D eigenvalue weighted by Crippen LogP contribution is 2.20. The lowest BCUT2D eigenvalue weighted by Crippen LogP contribution is -2.50. The van der Waals surface area contributed by atoms with E-state index in [1.165, 1.54) is 5.56 Å². The van der Waals surface area contributed by atoms with E-state index in [0.717, 1.165) is 18.4 Å². The predicted molar refractivity (Wildman–Crippen MR) is 100 cm³/mol. The first-order valence-electron chi connectivity index (χ1n) is 9.23. The van der Waals surface area contributed by atoms with Gasteiger partial charge in [-0.1, -0.05) is 38.1 Å². The molecule has 3 N–H and O–H groups in total. The molecule has 0 bridgehead atoms. The summed E-state index contributed by atoms with van der Waals surface area (Å²) in [5.74, 6) is 0.0225. The summed E-state index contributed by atoms with van der Waals surface area (Å²) in [5.41, 5.74) is 7.88. The van der Waals surface area contributed by atoms with Crippen molar-refractivity contribution in [2.75, 3.05) is 13.1 Å². The summed E-state index contributed by atoms with van der Waals surface area (Å²) in [4.78, 5) is 25.9. The first-order chi connectivity index (χ1) is 11.8. The lowest BCUT2D eigenvalue weighted by molar-refractivity contribution is -0.136. The fraction of sp³-hybridized carbons (Fsp3) is 0.600. The molecular weight excluding hydrogens is 314 g/mol. The van der Waals surface area contributed by atoms with Gasteiger partial charge in [-0.2, -0.15) is 0 Å². The van der Waals surface area contributed by atoms with Crippen LogP contribution >= 0.6 is 0 Å². The van der Waals surface area contributed by atoms with Crippen LogP contribution < -0.4 is 11.1 Å². The van der Waals surface area contributed by atoms with Crippen LogP contribution in [-0.4, -0.2) is 35.8 Å². The Kier molecular flexibility index (Phi) is 6.59. The summed E-state index contributed by atoms with van der Waals surface area (Å²) in [6.45, 7) is 9.44. The maximum atomic E-state index is 12.7. The van der Waals surface area contributed by atoms with Crippen LogP contribution in [-0.2, 0) is 9.59 Å². The van der Waals surface area contributed by atoms with E-state index in [9.17, 15) is 9.59 Å². The Hall–Kier alpha value is -1.88. The molecule has 0 spiro atoms. The number of amides is 2. The van der Waals surface area contributed by atoms with Crippen LogP contribution in [0.3, 0.4) is 0 Å². The van der Waals surface area contributed by atoms with Crippen molar-refractivity contribution in [2.45, 2.75) is 58.5 Å². The highest BCUT2D eigenvalue weighted by atomic mass is 16.2. The fourth-order valence-corrected chi connectivity index (χ4v) is 3.40. The predicted octanol–water partition coefficient (Wildman–Crippen LogP) is 2.57. The first kappa shape index (κ1) is 19.4. The van der Waals surface area contributed by atoms with Gasteiger partial charge in [0, 0.05) is 19.1 Å². The second-order valence-electron chi connectivity index (χ2n) is 7.46. The molecular formula is C20H31N3O2. The Morgan fingerprint density at radius 3 is 2.28 bits per heavy atom. The van der Waals surface area contributed by atoms with Gasteiger partial charge in [0.05, 0.1) is 12.0 Å². The summed E-state index contributed by atoms with van der Waals surface area (Å²) >= 11 is 0. The molecule has 1 saturated heterocycles. The second kappa shape index (κ2) is 8.48. The zero-order valence-electron chi connectivity index (χ0n) is 15.8. The smallest absolute Gasteiger partial charge is 0.239 e. The number of carbonyl (C=O) groups is 2.